The van der Waals surface area contributed by atoms with E-state index in [0.717, 1.165) is 32.0 Å². The molecule has 104 valence electrons. The number of nitriles is 1. The summed E-state index contributed by atoms with van der Waals surface area (Å²) >= 11 is 0. The Balaban J connectivity index is 2.18. The molecule has 2 rings (SSSR count). The Morgan fingerprint density at radius 3 is 2.75 bits per heavy atom. The number of nitro benzene ring substituents is 1. The quantitative estimate of drug-likeness (QED) is 0.639. The molecule has 1 saturated heterocycles. The number of hydrogen-bond donors (Lipinski definition) is 2. The van der Waals surface area contributed by atoms with Crippen molar-refractivity contribution < 1.29 is 9.72 Å². The lowest BCUT2D eigenvalue weighted by molar-refractivity contribution is -0.384. The van der Waals surface area contributed by atoms with Gasteiger partial charge in [-0.1, -0.05) is 0 Å². The van der Waals surface area contributed by atoms with Crippen LogP contribution in [0.1, 0.15) is 18.4 Å². The molecule has 0 radical (unpaired) electrons. The highest BCUT2D eigenvalue weighted by atomic mass is 16.6. The molecule has 0 aromatic heterocycles. The fourth-order valence-corrected chi connectivity index (χ4v) is 2.18. The number of nitro groups is 1. The van der Waals surface area contributed by atoms with Gasteiger partial charge in [-0.2, -0.15) is 5.26 Å². The van der Waals surface area contributed by atoms with Crippen molar-refractivity contribution in [1.82, 2.24) is 5.32 Å². The SMILES string of the molecule is N#Cc1ccc(NC(=O)C2CCNCC2)c([N+](=O)[O-])c1. The van der Waals surface area contributed by atoms with Crippen molar-refractivity contribution >= 4 is 17.3 Å². The van der Waals surface area contributed by atoms with Crippen LogP contribution in [0.4, 0.5) is 11.4 Å². The van der Waals surface area contributed by atoms with Crippen LogP contribution in [-0.4, -0.2) is 23.9 Å². The maximum atomic E-state index is 12.1. The van der Waals surface area contributed by atoms with Gasteiger partial charge < -0.3 is 10.6 Å². The second-order valence-electron chi connectivity index (χ2n) is 4.61. The minimum absolute atomic E-state index is 0.133. The average molecular weight is 274 g/mol. The fourth-order valence-electron chi connectivity index (χ4n) is 2.18. The molecule has 20 heavy (non-hydrogen) atoms. The third-order valence-electron chi connectivity index (χ3n) is 3.29. The second-order valence-corrected chi connectivity index (χ2v) is 4.61. The largest absolute Gasteiger partial charge is 0.320 e. The number of rotatable bonds is 3. The zero-order chi connectivity index (χ0) is 14.5. The highest BCUT2D eigenvalue weighted by molar-refractivity contribution is 5.94. The Bertz CT molecular complexity index is 573. The number of carbonyl (C=O) groups is 1. The van der Waals surface area contributed by atoms with Gasteiger partial charge in [0.25, 0.3) is 5.69 Å². The highest BCUT2D eigenvalue weighted by Gasteiger charge is 2.23. The molecular weight excluding hydrogens is 260 g/mol. The van der Waals surface area contributed by atoms with E-state index < -0.39 is 4.92 Å². The smallest absolute Gasteiger partial charge is 0.294 e. The van der Waals surface area contributed by atoms with Crippen LogP contribution < -0.4 is 10.6 Å². The summed E-state index contributed by atoms with van der Waals surface area (Å²) < 4.78 is 0. The van der Waals surface area contributed by atoms with E-state index in [1.807, 2.05) is 6.07 Å². The van der Waals surface area contributed by atoms with Crippen LogP contribution in [0.15, 0.2) is 18.2 Å². The normalized spacial score (nSPS) is 15.3. The number of hydrogen-bond acceptors (Lipinski definition) is 5. The first-order valence-corrected chi connectivity index (χ1v) is 6.32. The van der Waals surface area contributed by atoms with Crippen LogP contribution >= 0.6 is 0 Å². The number of nitrogens with zero attached hydrogens (tertiary/aromatic N) is 2. The maximum Gasteiger partial charge on any atom is 0.294 e. The van der Waals surface area contributed by atoms with Crippen LogP contribution in [0, 0.1) is 27.4 Å². The summed E-state index contributed by atoms with van der Waals surface area (Å²) in [6, 6.07) is 5.85. The molecule has 1 aliphatic rings. The summed E-state index contributed by atoms with van der Waals surface area (Å²) in [6.45, 7) is 1.54. The second kappa shape index (κ2) is 6.12. The molecule has 2 N–H and O–H groups in total. The first-order valence-electron chi connectivity index (χ1n) is 6.32. The van der Waals surface area contributed by atoms with Gasteiger partial charge in [-0.3, -0.25) is 14.9 Å². The monoisotopic (exact) mass is 274 g/mol. The molecule has 0 saturated carbocycles. The van der Waals surface area contributed by atoms with E-state index in [1.165, 1.54) is 12.1 Å². The Labute approximate surface area is 115 Å². The van der Waals surface area contributed by atoms with Crippen LogP contribution in [0.3, 0.4) is 0 Å². The molecule has 1 aromatic carbocycles. The Kier molecular flexibility index (Phi) is 4.27. The standard InChI is InChI=1S/C13H14N4O3/c14-8-9-1-2-11(12(7-9)17(19)20)16-13(18)10-3-5-15-6-4-10/h1-2,7,10,15H,3-6H2,(H,16,18). The summed E-state index contributed by atoms with van der Waals surface area (Å²) in [5, 5.41) is 25.5. The molecule has 0 aliphatic carbocycles. The van der Waals surface area contributed by atoms with Crippen molar-refractivity contribution in [3.8, 4) is 6.07 Å². The van der Waals surface area contributed by atoms with Gasteiger partial charge in [0.1, 0.15) is 5.69 Å². The third-order valence-corrected chi connectivity index (χ3v) is 3.29. The van der Waals surface area contributed by atoms with Gasteiger partial charge in [-0.05, 0) is 38.1 Å². The highest BCUT2D eigenvalue weighted by Crippen LogP contribution is 2.26. The summed E-state index contributed by atoms with van der Waals surface area (Å²) in [4.78, 5) is 22.5. The van der Waals surface area contributed by atoms with Crippen molar-refractivity contribution in [2.45, 2.75) is 12.8 Å². The van der Waals surface area contributed by atoms with E-state index in [0.29, 0.717) is 0 Å². The van der Waals surface area contributed by atoms with Crippen LogP contribution in [0.2, 0.25) is 0 Å². The minimum atomic E-state index is -0.598. The zero-order valence-electron chi connectivity index (χ0n) is 10.8. The van der Waals surface area contributed by atoms with E-state index in [-0.39, 0.29) is 28.8 Å². The number of amides is 1. The molecule has 0 unspecified atom stereocenters. The van der Waals surface area contributed by atoms with Gasteiger partial charge in [0, 0.05) is 12.0 Å². The first kappa shape index (κ1) is 14.0. The summed E-state index contributed by atoms with van der Waals surface area (Å²) in [6.07, 6.45) is 1.44. The number of anilines is 1. The van der Waals surface area contributed by atoms with Gasteiger partial charge in [0.05, 0.1) is 16.6 Å². The van der Waals surface area contributed by atoms with Gasteiger partial charge in [0.2, 0.25) is 5.91 Å². The Hall–Kier alpha value is -2.46. The van der Waals surface area contributed by atoms with Crippen molar-refractivity contribution in [1.29, 1.82) is 5.26 Å². The van der Waals surface area contributed by atoms with Crippen molar-refractivity contribution in [2.24, 2.45) is 5.92 Å². The topological polar surface area (TPSA) is 108 Å². The van der Waals surface area contributed by atoms with Crippen LogP contribution in [-0.2, 0) is 4.79 Å². The lowest BCUT2D eigenvalue weighted by Gasteiger charge is -2.21. The molecule has 1 amide bonds. The Morgan fingerprint density at radius 2 is 2.15 bits per heavy atom. The molecule has 1 fully saturated rings. The van der Waals surface area contributed by atoms with E-state index >= 15 is 0 Å². The third kappa shape index (κ3) is 3.10. The van der Waals surface area contributed by atoms with Gasteiger partial charge in [-0.25, -0.2) is 0 Å². The predicted octanol–water partition coefficient (Wildman–Crippen LogP) is 1.40. The van der Waals surface area contributed by atoms with Gasteiger partial charge in [-0.15, -0.1) is 0 Å². The lowest BCUT2D eigenvalue weighted by Crippen LogP contribution is -2.34. The summed E-state index contributed by atoms with van der Waals surface area (Å²) in [7, 11) is 0. The fraction of sp³-hybridized carbons (Fsp3) is 0.385. The molecule has 7 nitrogen and oxygen atoms in total. The zero-order valence-corrected chi connectivity index (χ0v) is 10.8. The van der Waals surface area contributed by atoms with E-state index in [4.69, 9.17) is 5.26 Å². The van der Waals surface area contributed by atoms with Crippen LogP contribution in [0.25, 0.3) is 0 Å². The molecule has 0 spiro atoms. The molecule has 1 aromatic rings. The van der Waals surface area contributed by atoms with Crippen molar-refractivity contribution in [3.05, 3.63) is 33.9 Å². The van der Waals surface area contributed by atoms with Gasteiger partial charge >= 0.3 is 0 Å². The molecular formula is C13H14N4O3. The summed E-state index contributed by atoms with van der Waals surface area (Å²) in [5.41, 5.74) is 0.0698. The first-order chi connectivity index (χ1) is 9.61. The summed E-state index contributed by atoms with van der Waals surface area (Å²) in [5.74, 6) is -0.342. The van der Waals surface area contributed by atoms with E-state index in [9.17, 15) is 14.9 Å². The minimum Gasteiger partial charge on any atom is -0.320 e. The average Bonchev–Trinajstić information content (AvgIpc) is 2.48. The van der Waals surface area contributed by atoms with Crippen molar-refractivity contribution in [3.63, 3.8) is 0 Å². The molecule has 7 heteroatoms. The van der Waals surface area contributed by atoms with E-state index in [1.54, 1.807) is 0 Å². The molecule has 0 bridgehead atoms. The molecule has 1 heterocycles. The number of carbonyl (C=O) groups excluding carboxylic acids is 1. The number of benzene rings is 1. The maximum absolute atomic E-state index is 12.1. The molecule has 1 aliphatic heterocycles. The predicted molar refractivity (Wildman–Crippen MR) is 72.0 cm³/mol. The molecule has 0 atom stereocenters. The lowest BCUT2D eigenvalue weighted by atomic mass is 9.97. The van der Waals surface area contributed by atoms with E-state index in [2.05, 4.69) is 10.6 Å². The Morgan fingerprint density at radius 1 is 1.45 bits per heavy atom. The number of nitrogens with one attached hydrogen (secondary N) is 2. The van der Waals surface area contributed by atoms with Crippen LogP contribution in [0.5, 0.6) is 0 Å². The van der Waals surface area contributed by atoms with Gasteiger partial charge in [0.15, 0.2) is 0 Å². The van der Waals surface area contributed by atoms with Crippen molar-refractivity contribution in [2.75, 3.05) is 18.4 Å². The number of piperidine rings is 1.